The van der Waals surface area contributed by atoms with Crippen LogP contribution >= 0.6 is 15.9 Å². The third-order valence-electron chi connectivity index (χ3n) is 3.27. The van der Waals surface area contributed by atoms with Crippen LogP contribution in [-0.4, -0.2) is 15.7 Å². The highest BCUT2D eigenvalue weighted by Crippen LogP contribution is 2.17. The summed E-state index contributed by atoms with van der Waals surface area (Å²) >= 11 is 3.06. The minimum absolute atomic E-state index is 0.296. The second-order valence-electron chi connectivity index (χ2n) is 4.58. The molecule has 1 N–H and O–H groups in total. The van der Waals surface area contributed by atoms with Gasteiger partial charge in [0.15, 0.2) is 0 Å². The number of halogens is 2. The molecule has 1 heterocycles. The summed E-state index contributed by atoms with van der Waals surface area (Å²) in [6.45, 7) is 4.22. The number of benzene rings is 1. The maximum atomic E-state index is 13.4. The fourth-order valence-corrected chi connectivity index (χ4v) is 2.23. The van der Waals surface area contributed by atoms with E-state index in [2.05, 4.69) is 26.3 Å². The van der Waals surface area contributed by atoms with E-state index in [1.54, 1.807) is 10.7 Å². The van der Waals surface area contributed by atoms with Crippen LogP contribution in [0.3, 0.4) is 0 Å². The minimum Gasteiger partial charge on any atom is -0.348 e. The summed E-state index contributed by atoms with van der Waals surface area (Å²) in [7, 11) is 1.86. The van der Waals surface area contributed by atoms with E-state index in [9.17, 15) is 9.18 Å². The monoisotopic (exact) mass is 339 g/mol. The van der Waals surface area contributed by atoms with Crippen molar-refractivity contribution in [2.75, 3.05) is 0 Å². The van der Waals surface area contributed by atoms with Gasteiger partial charge in [0, 0.05) is 30.4 Å². The first-order chi connectivity index (χ1) is 9.40. The molecule has 0 spiro atoms. The van der Waals surface area contributed by atoms with E-state index in [4.69, 9.17) is 0 Å². The van der Waals surface area contributed by atoms with Gasteiger partial charge in [-0.1, -0.05) is 0 Å². The molecule has 6 heteroatoms. The van der Waals surface area contributed by atoms with Crippen molar-refractivity contribution in [1.29, 1.82) is 0 Å². The van der Waals surface area contributed by atoms with Crippen molar-refractivity contribution in [3.63, 3.8) is 0 Å². The molecule has 0 bridgehead atoms. The first-order valence-electron chi connectivity index (χ1n) is 6.12. The van der Waals surface area contributed by atoms with Crippen molar-refractivity contribution in [3.05, 3.63) is 51.0 Å². The molecule has 106 valence electrons. The summed E-state index contributed by atoms with van der Waals surface area (Å²) in [6, 6.07) is 4.30. The molecule has 1 aromatic carbocycles. The molecule has 2 rings (SSSR count). The molecule has 1 amide bonds. The first-order valence-corrected chi connectivity index (χ1v) is 6.91. The lowest BCUT2D eigenvalue weighted by Gasteiger charge is -2.06. The van der Waals surface area contributed by atoms with Crippen LogP contribution in [0.25, 0.3) is 0 Å². The second-order valence-corrected chi connectivity index (χ2v) is 5.44. The standard InChI is InChI=1S/C14H15BrFN3O/c1-8-11(9(2)19(3)18-8)7-17-14(20)10-4-5-12(15)13(16)6-10/h4-6H,7H2,1-3H3,(H,17,20). The van der Waals surface area contributed by atoms with Gasteiger partial charge in [-0.2, -0.15) is 5.10 Å². The summed E-state index contributed by atoms with van der Waals surface area (Å²) in [5, 5.41) is 7.07. The van der Waals surface area contributed by atoms with E-state index < -0.39 is 5.82 Å². The molecule has 0 radical (unpaired) electrons. The van der Waals surface area contributed by atoms with E-state index in [1.165, 1.54) is 12.1 Å². The Morgan fingerprint density at radius 2 is 2.15 bits per heavy atom. The number of aryl methyl sites for hydroxylation is 2. The van der Waals surface area contributed by atoms with Crippen LogP contribution in [-0.2, 0) is 13.6 Å². The molecule has 0 aliphatic carbocycles. The molecule has 20 heavy (non-hydrogen) atoms. The zero-order chi connectivity index (χ0) is 14.9. The normalized spacial score (nSPS) is 10.7. The minimum atomic E-state index is -0.452. The van der Waals surface area contributed by atoms with Gasteiger partial charge in [0.25, 0.3) is 5.91 Å². The molecule has 0 unspecified atom stereocenters. The Morgan fingerprint density at radius 1 is 1.45 bits per heavy atom. The van der Waals surface area contributed by atoms with Crippen molar-refractivity contribution >= 4 is 21.8 Å². The first kappa shape index (κ1) is 14.7. The highest BCUT2D eigenvalue weighted by atomic mass is 79.9. The summed E-state index contributed by atoms with van der Waals surface area (Å²) in [5.41, 5.74) is 3.17. The van der Waals surface area contributed by atoms with Crippen molar-refractivity contribution in [1.82, 2.24) is 15.1 Å². The number of nitrogens with zero attached hydrogens (tertiary/aromatic N) is 2. The maximum absolute atomic E-state index is 13.4. The molecule has 0 aliphatic heterocycles. The van der Waals surface area contributed by atoms with Gasteiger partial charge in [0.05, 0.1) is 10.2 Å². The van der Waals surface area contributed by atoms with Crippen LogP contribution in [0.1, 0.15) is 27.3 Å². The van der Waals surface area contributed by atoms with Crippen molar-refractivity contribution in [2.45, 2.75) is 20.4 Å². The number of hydrogen-bond acceptors (Lipinski definition) is 2. The van der Waals surface area contributed by atoms with Gasteiger partial charge in [-0.25, -0.2) is 4.39 Å². The quantitative estimate of drug-likeness (QED) is 0.934. The Hall–Kier alpha value is -1.69. The maximum Gasteiger partial charge on any atom is 0.251 e. The smallest absolute Gasteiger partial charge is 0.251 e. The topological polar surface area (TPSA) is 46.9 Å². The van der Waals surface area contributed by atoms with Crippen LogP contribution in [0.4, 0.5) is 4.39 Å². The molecular weight excluding hydrogens is 325 g/mol. The molecule has 4 nitrogen and oxygen atoms in total. The van der Waals surface area contributed by atoms with Gasteiger partial charge < -0.3 is 5.32 Å². The second kappa shape index (κ2) is 5.75. The molecule has 0 aliphatic rings. The molecule has 0 atom stereocenters. The number of aromatic nitrogens is 2. The Labute approximate surface area is 125 Å². The average Bonchev–Trinajstić information content (AvgIpc) is 2.64. The Bertz CT molecular complexity index is 667. The van der Waals surface area contributed by atoms with Crippen molar-refractivity contribution < 1.29 is 9.18 Å². The lowest BCUT2D eigenvalue weighted by Crippen LogP contribution is -2.23. The van der Waals surface area contributed by atoms with Gasteiger partial charge in [0.2, 0.25) is 0 Å². The highest BCUT2D eigenvalue weighted by Gasteiger charge is 2.12. The zero-order valence-electron chi connectivity index (χ0n) is 11.5. The predicted octanol–water partition coefficient (Wildman–Crippen LogP) is 2.87. The number of carbonyl (C=O) groups excluding carboxylic acids is 1. The molecule has 0 fully saturated rings. The highest BCUT2D eigenvalue weighted by molar-refractivity contribution is 9.10. The van der Waals surface area contributed by atoms with E-state index in [0.717, 1.165) is 17.0 Å². The summed E-state index contributed by atoms with van der Waals surface area (Å²) < 4.78 is 15.5. The number of hydrogen-bond donors (Lipinski definition) is 1. The lowest BCUT2D eigenvalue weighted by atomic mass is 10.1. The SMILES string of the molecule is Cc1nn(C)c(C)c1CNC(=O)c1ccc(Br)c(F)c1. The van der Waals surface area contributed by atoms with Crippen LogP contribution in [0, 0.1) is 19.7 Å². The summed E-state index contributed by atoms with van der Waals surface area (Å²) in [5.74, 6) is -0.759. The van der Waals surface area contributed by atoms with Gasteiger partial charge in [-0.05, 0) is 48.0 Å². The Kier molecular flexibility index (Phi) is 4.23. The zero-order valence-corrected chi connectivity index (χ0v) is 13.1. The molecular formula is C14H15BrFN3O. The number of rotatable bonds is 3. The lowest BCUT2D eigenvalue weighted by molar-refractivity contribution is 0.0950. The average molecular weight is 340 g/mol. The fourth-order valence-electron chi connectivity index (χ4n) is 1.98. The Morgan fingerprint density at radius 3 is 2.70 bits per heavy atom. The van der Waals surface area contributed by atoms with Crippen LogP contribution in [0.5, 0.6) is 0 Å². The molecule has 1 aromatic heterocycles. The number of nitrogens with one attached hydrogen (secondary N) is 1. The van der Waals surface area contributed by atoms with Crippen LogP contribution in [0.2, 0.25) is 0 Å². The van der Waals surface area contributed by atoms with Crippen LogP contribution < -0.4 is 5.32 Å². The number of carbonyl (C=O) groups is 1. The van der Waals surface area contributed by atoms with Gasteiger partial charge >= 0.3 is 0 Å². The van der Waals surface area contributed by atoms with E-state index in [1.807, 2.05) is 20.9 Å². The van der Waals surface area contributed by atoms with Gasteiger partial charge in [0.1, 0.15) is 5.82 Å². The summed E-state index contributed by atoms with van der Waals surface area (Å²) in [4.78, 5) is 12.0. The molecule has 0 saturated heterocycles. The third-order valence-corrected chi connectivity index (χ3v) is 3.91. The van der Waals surface area contributed by atoms with E-state index >= 15 is 0 Å². The van der Waals surface area contributed by atoms with Crippen molar-refractivity contribution in [3.8, 4) is 0 Å². The van der Waals surface area contributed by atoms with Crippen molar-refractivity contribution in [2.24, 2.45) is 7.05 Å². The van der Waals surface area contributed by atoms with E-state index in [-0.39, 0.29) is 5.91 Å². The molecule has 2 aromatic rings. The predicted molar refractivity (Wildman–Crippen MR) is 78.0 cm³/mol. The Balaban J connectivity index is 2.10. The summed E-state index contributed by atoms with van der Waals surface area (Å²) in [6.07, 6.45) is 0. The third kappa shape index (κ3) is 2.90. The van der Waals surface area contributed by atoms with Gasteiger partial charge in [-0.15, -0.1) is 0 Å². The van der Waals surface area contributed by atoms with Gasteiger partial charge in [-0.3, -0.25) is 9.48 Å². The largest absolute Gasteiger partial charge is 0.348 e. The molecule has 0 saturated carbocycles. The fraction of sp³-hybridized carbons (Fsp3) is 0.286. The van der Waals surface area contributed by atoms with E-state index in [0.29, 0.717) is 16.6 Å². The van der Waals surface area contributed by atoms with Crippen LogP contribution in [0.15, 0.2) is 22.7 Å². The number of amides is 1.